The fourth-order valence-corrected chi connectivity index (χ4v) is 3.49. The summed E-state index contributed by atoms with van der Waals surface area (Å²) in [4.78, 5) is 14.1. The number of amides is 2. The van der Waals surface area contributed by atoms with Crippen molar-refractivity contribution in [3.8, 4) is 0 Å². The minimum absolute atomic E-state index is 0.0743. The summed E-state index contributed by atoms with van der Waals surface area (Å²) < 4.78 is 0. The molecule has 1 unspecified atom stereocenters. The van der Waals surface area contributed by atoms with Crippen LogP contribution in [0.5, 0.6) is 0 Å². The van der Waals surface area contributed by atoms with E-state index < -0.39 is 0 Å². The number of hydrogen-bond acceptors (Lipinski definition) is 2. The normalized spacial score (nSPS) is 25.9. The van der Waals surface area contributed by atoms with Gasteiger partial charge in [0.1, 0.15) is 0 Å². The first kappa shape index (κ1) is 15.6. The maximum absolute atomic E-state index is 12.2. The van der Waals surface area contributed by atoms with E-state index in [1.165, 1.54) is 44.9 Å². The summed E-state index contributed by atoms with van der Waals surface area (Å²) >= 11 is 0. The maximum Gasteiger partial charge on any atom is 0.317 e. The summed E-state index contributed by atoms with van der Waals surface area (Å²) in [5.41, 5.74) is 0. The van der Waals surface area contributed by atoms with E-state index in [1.54, 1.807) is 0 Å². The summed E-state index contributed by atoms with van der Waals surface area (Å²) in [6.45, 7) is 2.59. The van der Waals surface area contributed by atoms with E-state index in [-0.39, 0.29) is 18.6 Å². The minimum Gasteiger partial charge on any atom is -0.396 e. The molecule has 4 heteroatoms. The Morgan fingerprint density at radius 3 is 2.35 bits per heavy atom. The van der Waals surface area contributed by atoms with Crippen LogP contribution in [0.25, 0.3) is 0 Å². The second-order valence-electron chi connectivity index (χ2n) is 6.53. The number of hydrogen-bond donors (Lipinski definition) is 2. The zero-order valence-corrected chi connectivity index (χ0v) is 12.6. The molecule has 1 saturated carbocycles. The topological polar surface area (TPSA) is 52.6 Å². The summed E-state index contributed by atoms with van der Waals surface area (Å²) in [7, 11) is 0. The lowest BCUT2D eigenvalue weighted by molar-refractivity contribution is 0.128. The first-order chi connectivity index (χ1) is 9.79. The maximum atomic E-state index is 12.2. The summed E-state index contributed by atoms with van der Waals surface area (Å²) in [5.74, 6) is 0.938. The molecule has 2 amide bonds. The number of carbonyl (C=O) groups excluding carboxylic acids is 1. The molecule has 2 N–H and O–H groups in total. The van der Waals surface area contributed by atoms with Gasteiger partial charge in [0, 0.05) is 26.2 Å². The van der Waals surface area contributed by atoms with Crippen molar-refractivity contribution in [2.45, 2.75) is 57.8 Å². The van der Waals surface area contributed by atoms with Crippen LogP contribution in [0.15, 0.2) is 0 Å². The lowest BCUT2D eigenvalue weighted by atomic mass is 9.91. The summed E-state index contributed by atoms with van der Waals surface area (Å²) in [6, 6.07) is 0.0743. The van der Waals surface area contributed by atoms with E-state index in [4.69, 9.17) is 0 Å². The number of aliphatic hydroxyl groups is 1. The van der Waals surface area contributed by atoms with Crippen LogP contribution in [0, 0.1) is 11.8 Å². The molecule has 0 spiro atoms. The van der Waals surface area contributed by atoms with Crippen LogP contribution in [0.2, 0.25) is 0 Å². The fourth-order valence-electron chi connectivity index (χ4n) is 3.49. The van der Waals surface area contributed by atoms with Crippen molar-refractivity contribution in [2.24, 2.45) is 11.8 Å². The zero-order chi connectivity index (χ0) is 14.2. The molecule has 0 radical (unpaired) electrons. The standard InChI is InChI=1S/C16H30N2O2/c19-13-15-9-6-10-18(12-15)16(20)17-11-14-7-4-2-1-3-5-8-14/h14-15,19H,1-13H2,(H,17,20). The second-order valence-corrected chi connectivity index (χ2v) is 6.53. The van der Waals surface area contributed by atoms with Crippen LogP contribution >= 0.6 is 0 Å². The van der Waals surface area contributed by atoms with Gasteiger partial charge in [-0.15, -0.1) is 0 Å². The molecule has 0 aromatic carbocycles. The van der Waals surface area contributed by atoms with Gasteiger partial charge in [-0.1, -0.05) is 32.1 Å². The Balaban J connectivity index is 1.70. The molecule has 1 atom stereocenters. The third-order valence-electron chi connectivity index (χ3n) is 4.83. The van der Waals surface area contributed by atoms with Crippen LogP contribution < -0.4 is 5.32 Å². The number of aliphatic hydroxyl groups excluding tert-OH is 1. The number of rotatable bonds is 3. The highest BCUT2D eigenvalue weighted by Crippen LogP contribution is 2.22. The van der Waals surface area contributed by atoms with E-state index in [0.29, 0.717) is 12.5 Å². The van der Waals surface area contributed by atoms with Crippen molar-refractivity contribution < 1.29 is 9.90 Å². The van der Waals surface area contributed by atoms with Gasteiger partial charge in [-0.2, -0.15) is 0 Å². The second kappa shape index (κ2) is 8.50. The lowest BCUT2D eigenvalue weighted by Gasteiger charge is -2.32. The van der Waals surface area contributed by atoms with Crippen LogP contribution in [0.1, 0.15) is 57.8 Å². The number of piperidine rings is 1. The number of nitrogens with zero attached hydrogens (tertiary/aromatic N) is 1. The van der Waals surface area contributed by atoms with Crippen molar-refractivity contribution in [2.75, 3.05) is 26.2 Å². The third-order valence-corrected chi connectivity index (χ3v) is 4.83. The number of urea groups is 1. The first-order valence-corrected chi connectivity index (χ1v) is 8.43. The highest BCUT2D eigenvalue weighted by molar-refractivity contribution is 5.74. The van der Waals surface area contributed by atoms with Crippen molar-refractivity contribution in [3.63, 3.8) is 0 Å². The smallest absolute Gasteiger partial charge is 0.317 e. The molecule has 1 saturated heterocycles. The van der Waals surface area contributed by atoms with Gasteiger partial charge in [-0.05, 0) is 37.5 Å². The monoisotopic (exact) mass is 282 g/mol. The average Bonchev–Trinajstić information content (AvgIpc) is 2.46. The van der Waals surface area contributed by atoms with Gasteiger partial charge >= 0.3 is 6.03 Å². The molecular formula is C16H30N2O2. The number of carbonyl (C=O) groups is 1. The van der Waals surface area contributed by atoms with Crippen molar-refractivity contribution in [1.82, 2.24) is 10.2 Å². The molecule has 0 aromatic rings. The van der Waals surface area contributed by atoms with E-state index in [9.17, 15) is 9.90 Å². The average molecular weight is 282 g/mol. The molecule has 0 aromatic heterocycles. The molecule has 116 valence electrons. The molecule has 0 bridgehead atoms. The van der Waals surface area contributed by atoms with Gasteiger partial charge in [0.25, 0.3) is 0 Å². The lowest BCUT2D eigenvalue weighted by Crippen LogP contribution is -2.47. The third kappa shape index (κ3) is 4.97. The van der Waals surface area contributed by atoms with Crippen LogP contribution in [-0.2, 0) is 0 Å². The Kier molecular flexibility index (Phi) is 6.64. The molecule has 2 rings (SSSR count). The molecule has 20 heavy (non-hydrogen) atoms. The van der Waals surface area contributed by atoms with Gasteiger partial charge in [0.15, 0.2) is 0 Å². The Labute approximate surface area is 122 Å². The Morgan fingerprint density at radius 2 is 1.65 bits per heavy atom. The number of likely N-dealkylation sites (tertiary alicyclic amines) is 1. The Morgan fingerprint density at radius 1 is 1.00 bits per heavy atom. The molecule has 1 aliphatic carbocycles. The van der Waals surface area contributed by atoms with E-state index >= 15 is 0 Å². The van der Waals surface area contributed by atoms with E-state index in [0.717, 1.165) is 25.9 Å². The molecule has 1 aliphatic heterocycles. The van der Waals surface area contributed by atoms with Gasteiger partial charge in [0.2, 0.25) is 0 Å². The fraction of sp³-hybridized carbons (Fsp3) is 0.938. The summed E-state index contributed by atoms with van der Waals surface area (Å²) in [6.07, 6.45) is 11.3. The highest BCUT2D eigenvalue weighted by atomic mass is 16.3. The van der Waals surface area contributed by atoms with Crippen LogP contribution in [0.4, 0.5) is 4.79 Å². The first-order valence-electron chi connectivity index (χ1n) is 8.43. The van der Waals surface area contributed by atoms with Gasteiger partial charge in [-0.3, -0.25) is 0 Å². The van der Waals surface area contributed by atoms with Crippen molar-refractivity contribution in [3.05, 3.63) is 0 Å². The van der Waals surface area contributed by atoms with E-state index in [2.05, 4.69) is 5.32 Å². The largest absolute Gasteiger partial charge is 0.396 e. The highest BCUT2D eigenvalue weighted by Gasteiger charge is 2.23. The SMILES string of the molecule is O=C(NCC1CCCCCCC1)N1CCCC(CO)C1. The van der Waals surface area contributed by atoms with Gasteiger partial charge in [0.05, 0.1) is 0 Å². The molecule has 1 heterocycles. The molecule has 2 aliphatic rings. The number of nitrogens with one attached hydrogen (secondary N) is 1. The molecular weight excluding hydrogens is 252 g/mol. The predicted octanol–water partition coefficient (Wildman–Crippen LogP) is 2.76. The van der Waals surface area contributed by atoms with E-state index in [1.807, 2.05) is 4.90 Å². The summed E-state index contributed by atoms with van der Waals surface area (Å²) in [5, 5.41) is 12.3. The van der Waals surface area contributed by atoms with Crippen molar-refractivity contribution in [1.29, 1.82) is 0 Å². The Hall–Kier alpha value is -0.770. The van der Waals surface area contributed by atoms with Crippen molar-refractivity contribution >= 4 is 6.03 Å². The van der Waals surface area contributed by atoms with Gasteiger partial charge in [-0.25, -0.2) is 4.79 Å². The Bertz CT molecular complexity index is 288. The molecule has 4 nitrogen and oxygen atoms in total. The minimum atomic E-state index is 0.0743. The molecule has 2 fully saturated rings. The van der Waals surface area contributed by atoms with Gasteiger partial charge < -0.3 is 15.3 Å². The predicted molar refractivity (Wildman–Crippen MR) is 80.6 cm³/mol. The van der Waals surface area contributed by atoms with Crippen LogP contribution in [-0.4, -0.2) is 42.3 Å². The quantitative estimate of drug-likeness (QED) is 0.836. The zero-order valence-electron chi connectivity index (χ0n) is 12.6. The van der Waals surface area contributed by atoms with Crippen LogP contribution in [0.3, 0.4) is 0 Å².